The Hall–Kier alpha value is -2.96. The molecule has 1 unspecified atom stereocenters. The van der Waals surface area contributed by atoms with E-state index in [9.17, 15) is 4.79 Å². The van der Waals surface area contributed by atoms with Gasteiger partial charge in [-0.2, -0.15) is 5.10 Å². The van der Waals surface area contributed by atoms with E-state index in [1.807, 2.05) is 50.4 Å². The van der Waals surface area contributed by atoms with Crippen molar-refractivity contribution in [3.8, 4) is 16.9 Å². The van der Waals surface area contributed by atoms with E-state index in [1.165, 1.54) is 4.68 Å². The van der Waals surface area contributed by atoms with Gasteiger partial charge in [-0.1, -0.05) is 31.2 Å². The van der Waals surface area contributed by atoms with Crippen LogP contribution in [-0.2, 0) is 4.79 Å². The molecule has 0 fully saturated rings. The number of carbonyl (C=O) groups excluding carboxylic acids is 1. The molecular formula is C16H18N6O. The first kappa shape index (κ1) is 15.0. The maximum absolute atomic E-state index is 11.6. The molecule has 0 spiro atoms. The summed E-state index contributed by atoms with van der Waals surface area (Å²) in [5.74, 6) is -0.376. The highest BCUT2D eigenvalue weighted by atomic mass is 16.1. The predicted octanol–water partition coefficient (Wildman–Crippen LogP) is 1.81. The van der Waals surface area contributed by atoms with Crippen molar-refractivity contribution in [1.82, 2.24) is 24.8 Å². The van der Waals surface area contributed by atoms with Crippen molar-refractivity contribution in [1.29, 1.82) is 0 Å². The Morgan fingerprint density at radius 3 is 2.74 bits per heavy atom. The van der Waals surface area contributed by atoms with Crippen LogP contribution in [0.2, 0.25) is 0 Å². The third-order valence-electron chi connectivity index (χ3n) is 3.63. The van der Waals surface area contributed by atoms with Gasteiger partial charge in [0, 0.05) is 18.0 Å². The number of benzene rings is 1. The first-order valence-corrected chi connectivity index (χ1v) is 7.38. The van der Waals surface area contributed by atoms with E-state index < -0.39 is 11.9 Å². The van der Waals surface area contributed by atoms with Crippen molar-refractivity contribution in [3.05, 3.63) is 48.9 Å². The lowest BCUT2D eigenvalue weighted by atomic mass is 10.0. The molecule has 2 aromatic heterocycles. The van der Waals surface area contributed by atoms with Crippen LogP contribution in [0.15, 0.2) is 48.9 Å². The fourth-order valence-electron chi connectivity index (χ4n) is 2.54. The molecule has 0 saturated heterocycles. The smallest absolute Gasteiger partial charge is 0.242 e. The molecule has 1 atom stereocenters. The van der Waals surface area contributed by atoms with Crippen molar-refractivity contribution >= 4 is 5.91 Å². The largest absolute Gasteiger partial charge is 0.368 e. The standard InChI is InChI=1S/C16H18N6O/c1-11(2)15(16(17)23)22-10-14(19-20-22)12-5-3-6-13(9-12)21-8-4-7-18-21/h3-11,15H,1-2H3,(H2,17,23). The maximum atomic E-state index is 11.6. The number of hydrogen-bond acceptors (Lipinski definition) is 4. The van der Waals surface area contributed by atoms with Crippen LogP contribution in [0.3, 0.4) is 0 Å². The van der Waals surface area contributed by atoms with E-state index in [1.54, 1.807) is 17.1 Å². The molecule has 0 bridgehead atoms. The van der Waals surface area contributed by atoms with Crippen LogP contribution in [0, 0.1) is 5.92 Å². The number of rotatable bonds is 5. The van der Waals surface area contributed by atoms with Crippen LogP contribution < -0.4 is 5.73 Å². The predicted molar refractivity (Wildman–Crippen MR) is 85.6 cm³/mol. The van der Waals surface area contributed by atoms with Crippen molar-refractivity contribution < 1.29 is 4.79 Å². The van der Waals surface area contributed by atoms with Gasteiger partial charge in [0.2, 0.25) is 5.91 Å². The van der Waals surface area contributed by atoms with E-state index in [-0.39, 0.29) is 5.92 Å². The van der Waals surface area contributed by atoms with Crippen LogP contribution in [-0.4, -0.2) is 30.7 Å². The van der Waals surface area contributed by atoms with Gasteiger partial charge in [-0.3, -0.25) is 4.79 Å². The lowest BCUT2D eigenvalue weighted by Crippen LogP contribution is -2.30. The minimum Gasteiger partial charge on any atom is -0.368 e. The van der Waals surface area contributed by atoms with Crippen molar-refractivity contribution in [2.24, 2.45) is 11.7 Å². The van der Waals surface area contributed by atoms with Gasteiger partial charge in [-0.25, -0.2) is 9.36 Å². The van der Waals surface area contributed by atoms with Crippen LogP contribution in [0.1, 0.15) is 19.9 Å². The summed E-state index contributed by atoms with van der Waals surface area (Å²) in [6.45, 7) is 3.85. The Balaban J connectivity index is 1.94. The number of amides is 1. The Morgan fingerprint density at radius 1 is 1.26 bits per heavy atom. The third-order valence-corrected chi connectivity index (χ3v) is 3.63. The fraction of sp³-hybridized carbons (Fsp3) is 0.250. The zero-order valence-electron chi connectivity index (χ0n) is 13.0. The topological polar surface area (TPSA) is 91.6 Å². The van der Waals surface area contributed by atoms with Gasteiger partial charge in [-0.05, 0) is 24.1 Å². The molecule has 3 aromatic rings. The van der Waals surface area contributed by atoms with Crippen LogP contribution in [0.5, 0.6) is 0 Å². The highest BCUT2D eigenvalue weighted by Crippen LogP contribution is 2.22. The number of hydrogen-bond donors (Lipinski definition) is 1. The third kappa shape index (κ3) is 2.98. The van der Waals surface area contributed by atoms with Gasteiger partial charge in [0.25, 0.3) is 0 Å². The van der Waals surface area contributed by atoms with Crippen molar-refractivity contribution in [3.63, 3.8) is 0 Å². The minimum absolute atomic E-state index is 0.0393. The average Bonchev–Trinajstić information content (AvgIpc) is 3.18. The van der Waals surface area contributed by atoms with Gasteiger partial charge >= 0.3 is 0 Å². The number of nitrogens with two attached hydrogens (primary N) is 1. The molecule has 0 aliphatic rings. The van der Waals surface area contributed by atoms with Gasteiger partial charge in [0.05, 0.1) is 11.9 Å². The highest BCUT2D eigenvalue weighted by molar-refractivity contribution is 5.78. The number of carbonyl (C=O) groups is 1. The molecule has 1 aromatic carbocycles. The Bertz CT molecular complexity index is 806. The Kier molecular flexibility index (Phi) is 3.92. The molecule has 7 heteroatoms. The molecular weight excluding hydrogens is 292 g/mol. The summed E-state index contributed by atoms with van der Waals surface area (Å²) in [7, 11) is 0. The molecule has 7 nitrogen and oxygen atoms in total. The summed E-state index contributed by atoms with van der Waals surface area (Å²) >= 11 is 0. The number of aromatic nitrogens is 5. The van der Waals surface area contributed by atoms with E-state index in [0.717, 1.165) is 11.3 Å². The van der Waals surface area contributed by atoms with Crippen LogP contribution in [0.4, 0.5) is 0 Å². The van der Waals surface area contributed by atoms with Gasteiger partial charge < -0.3 is 5.73 Å². The fourth-order valence-corrected chi connectivity index (χ4v) is 2.54. The lowest BCUT2D eigenvalue weighted by molar-refractivity contribution is -0.122. The summed E-state index contributed by atoms with van der Waals surface area (Å²) in [5, 5.41) is 12.5. The highest BCUT2D eigenvalue weighted by Gasteiger charge is 2.23. The van der Waals surface area contributed by atoms with Crippen molar-refractivity contribution in [2.45, 2.75) is 19.9 Å². The molecule has 2 heterocycles. The van der Waals surface area contributed by atoms with Gasteiger partial charge in [0.1, 0.15) is 11.7 Å². The summed E-state index contributed by atoms with van der Waals surface area (Å²) in [5.41, 5.74) is 7.98. The summed E-state index contributed by atoms with van der Waals surface area (Å²) in [4.78, 5) is 11.6. The molecule has 3 rings (SSSR count). The summed E-state index contributed by atoms with van der Waals surface area (Å²) in [6, 6.07) is 9.15. The van der Waals surface area contributed by atoms with Crippen LogP contribution in [0.25, 0.3) is 16.9 Å². The molecule has 1 amide bonds. The average molecular weight is 310 g/mol. The minimum atomic E-state index is -0.509. The Morgan fingerprint density at radius 2 is 2.09 bits per heavy atom. The maximum Gasteiger partial charge on any atom is 0.242 e. The Labute approximate surface area is 133 Å². The van der Waals surface area contributed by atoms with E-state index in [2.05, 4.69) is 15.4 Å². The van der Waals surface area contributed by atoms with E-state index in [0.29, 0.717) is 5.69 Å². The lowest BCUT2D eigenvalue weighted by Gasteiger charge is -2.16. The molecule has 2 N–H and O–H groups in total. The van der Waals surface area contributed by atoms with E-state index >= 15 is 0 Å². The molecule has 0 radical (unpaired) electrons. The SMILES string of the molecule is CC(C)C(C(N)=O)n1cc(-c2cccc(-n3cccn3)c2)nn1. The second kappa shape index (κ2) is 6.04. The first-order valence-electron chi connectivity index (χ1n) is 7.38. The molecule has 0 aliphatic carbocycles. The molecule has 0 saturated carbocycles. The van der Waals surface area contributed by atoms with Gasteiger partial charge in [0.15, 0.2) is 0 Å². The molecule has 118 valence electrons. The summed E-state index contributed by atoms with van der Waals surface area (Å²) in [6.07, 6.45) is 5.35. The number of nitrogens with zero attached hydrogens (tertiary/aromatic N) is 5. The first-order chi connectivity index (χ1) is 11.1. The normalized spacial score (nSPS) is 12.5. The van der Waals surface area contributed by atoms with E-state index in [4.69, 9.17) is 5.73 Å². The molecule has 0 aliphatic heterocycles. The zero-order chi connectivity index (χ0) is 16.4. The second-order valence-corrected chi connectivity index (χ2v) is 5.68. The van der Waals surface area contributed by atoms with Crippen molar-refractivity contribution in [2.75, 3.05) is 0 Å². The molecule has 23 heavy (non-hydrogen) atoms. The zero-order valence-corrected chi connectivity index (χ0v) is 13.0. The van der Waals surface area contributed by atoms with Gasteiger partial charge in [-0.15, -0.1) is 5.10 Å². The number of primary amides is 1. The quantitative estimate of drug-likeness (QED) is 0.778. The summed E-state index contributed by atoms with van der Waals surface area (Å²) < 4.78 is 3.30. The monoisotopic (exact) mass is 310 g/mol. The second-order valence-electron chi connectivity index (χ2n) is 5.68. The van der Waals surface area contributed by atoms with Crippen LogP contribution >= 0.6 is 0 Å².